The predicted molar refractivity (Wildman–Crippen MR) is 127 cm³/mol. The molecule has 32 heavy (non-hydrogen) atoms. The Hall–Kier alpha value is -2.09. The highest BCUT2D eigenvalue weighted by molar-refractivity contribution is 5.97. The number of nitrogens with two attached hydrogens (primary N) is 1. The van der Waals surface area contributed by atoms with E-state index in [-0.39, 0.29) is 23.5 Å². The third-order valence-electron chi connectivity index (χ3n) is 7.85. The first kappa shape index (κ1) is 23.1. The number of H-pyrrole nitrogens is 1. The molecule has 8 heteroatoms. The van der Waals surface area contributed by atoms with Gasteiger partial charge in [0.05, 0.1) is 6.54 Å². The molecule has 8 nitrogen and oxygen atoms in total. The fourth-order valence-electron chi connectivity index (χ4n) is 6.20. The first-order valence-electron chi connectivity index (χ1n) is 12.7. The van der Waals surface area contributed by atoms with Crippen LogP contribution in [-0.2, 0) is 11.3 Å². The molecular weight excluding hydrogens is 406 g/mol. The summed E-state index contributed by atoms with van der Waals surface area (Å²) >= 11 is 0. The lowest BCUT2D eigenvalue weighted by molar-refractivity contribution is -0.121. The summed E-state index contributed by atoms with van der Waals surface area (Å²) in [4.78, 5) is 45.6. The number of carbonyl (C=O) groups excluding carboxylic acids is 1. The molecule has 2 atom stereocenters. The Morgan fingerprint density at radius 3 is 2.50 bits per heavy atom. The predicted octanol–water partition coefficient (Wildman–Crippen LogP) is 2.85. The van der Waals surface area contributed by atoms with Crippen LogP contribution in [0.3, 0.4) is 0 Å². The molecule has 1 aliphatic heterocycles. The topological polar surface area (TPSA) is 104 Å². The van der Waals surface area contributed by atoms with Crippen LogP contribution in [0.2, 0.25) is 0 Å². The normalized spacial score (nSPS) is 24.4. The number of likely N-dealkylation sites (tertiary alicyclic amines) is 1. The van der Waals surface area contributed by atoms with Gasteiger partial charge < -0.3 is 10.6 Å². The molecule has 2 aliphatic carbocycles. The minimum absolute atomic E-state index is 0.0324. The largest absolute Gasteiger partial charge is 0.383 e. The maximum Gasteiger partial charge on any atom is 0.330 e. The second kappa shape index (κ2) is 10.2. The van der Waals surface area contributed by atoms with Gasteiger partial charge in [-0.3, -0.25) is 24.0 Å². The molecule has 1 saturated heterocycles. The molecule has 1 aromatic rings. The van der Waals surface area contributed by atoms with Crippen LogP contribution in [0.1, 0.15) is 84.0 Å². The van der Waals surface area contributed by atoms with E-state index in [4.69, 9.17) is 5.73 Å². The molecule has 2 heterocycles. The quantitative estimate of drug-likeness (QED) is 0.672. The number of carbonyl (C=O) groups is 1. The molecule has 3 fully saturated rings. The molecule has 0 bridgehead atoms. The number of aromatic nitrogens is 2. The van der Waals surface area contributed by atoms with Crippen molar-refractivity contribution < 1.29 is 4.79 Å². The van der Waals surface area contributed by atoms with Gasteiger partial charge in [0, 0.05) is 18.6 Å². The van der Waals surface area contributed by atoms with Crippen molar-refractivity contribution in [3.05, 3.63) is 20.8 Å². The third-order valence-corrected chi connectivity index (χ3v) is 7.85. The number of hydrogen-bond acceptors (Lipinski definition) is 5. The Bertz CT molecular complexity index is 915. The van der Waals surface area contributed by atoms with Gasteiger partial charge >= 0.3 is 5.69 Å². The van der Waals surface area contributed by atoms with Gasteiger partial charge in [0.2, 0.25) is 5.91 Å². The lowest BCUT2D eigenvalue weighted by Gasteiger charge is -2.44. The molecule has 1 aromatic heterocycles. The number of nitrogen functional groups attached to an aromatic ring is 1. The number of fused-ring (bicyclic) bond motifs is 1. The van der Waals surface area contributed by atoms with E-state index >= 15 is 0 Å². The van der Waals surface area contributed by atoms with Gasteiger partial charge in [-0.05, 0) is 57.4 Å². The molecule has 4 rings (SSSR count). The zero-order chi connectivity index (χ0) is 22.7. The Morgan fingerprint density at radius 2 is 1.75 bits per heavy atom. The smallest absolute Gasteiger partial charge is 0.330 e. The highest BCUT2D eigenvalue weighted by Gasteiger charge is 2.37. The fourth-order valence-corrected chi connectivity index (χ4v) is 6.20. The van der Waals surface area contributed by atoms with E-state index < -0.39 is 11.2 Å². The molecule has 2 saturated carbocycles. The van der Waals surface area contributed by atoms with E-state index in [1.165, 1.54) is 30.3 Å². The number of anilines is 2. The van der Waals surface area contributed by atoms with Gasteiger partial charge in [-0.2, -0.15) is 0 Å². The first-order valence-corrected chi connectivity index (χ1v) is 12.7. The summed E-state index contributed by atoms with van der Waals surface area (Å²) in [5.74, 6) is 0.761. The Morgan fingerprint density at radius 1 is 1.06 bits per heavy atom. The molecule has 0 aromatic carbocycles. The molecule has 0 unspecified atom stereocenters. The van der Waals surface area contributed by atoms with Crippen LogP contribution in [-0.4, -0.2) is 45.5 Å². The first-order chi connectivity index (χ1) is 15.5. The van der Waals surface area contributed by atoms with E-state index in [1.54, 1.807) is 4.90 Å². The minimum Gasteiger partial charge on any atom is -0.383 e. The van der Waals surface area contributed by atoms with Crippen LogP contribution in [0.5, 0.6) is 0 Å². The second-order valence-electron chi connectivity index (χ2n) is 9.92. The van der Waals surface area contributed by atoms with E-state index in [0.717, 1.165) is 57.9 Å². The third kappa shape index (κ3) is 4.65. The highest BCUT2D eigenvalue weighted by Crippen LogP contribution is 2.36. The van der Waals surface area contributed by atoms with Crippen LogP contribution in [0.15, 0.2) is 9.59 Å². The summed E-state index contributed by atoms with van der Waals surface area (Å²) in [7, 11) is 0. The summed E-state index contributed by atoms with van der Waals surface area (Å²) < 4.78 is 1.42. The molecule has 3 N–H and O–H groups in total. The van der Waals surface area contributed by atoms with Crippen LogP contribution in [0.4, 0.5) is 11.5 Å². The van der Waals surface area contributed by atoms with Crippen molar-refractivity contribution in [2.45, 2.75) is 103 Å². The number of aromatic amines is 1. The monoisotopic (exact) mass is 445 g/mol. The summed E-state index contributed by atoms with van der Waals surface area (Å²) in [6.45, 7) is 3.74. The van der Waals surface area contributed by atoms with E-state index in [1.807, 2.05) is 6.92 Å². The van der Waals surface area contributed by atoms with Crippen molar-refractivity contribution in [2.24, 2.45) is 5.92 Å². The number of nitrogens with one attached hydrogen (secondary N) is 1. The van der Waals surface area contributed by atoms with Gasteiger partial charge in [0.1, 0.15) is 5.82 Å². The number of hydrogen-bond donors (Lipinski definition) is 2. The Kier molecular flexibility index (Phi) is 7.38. The van der Waals surface area contributed by atoms with Crippen molar-refractivity contribution in [1.29, 1.82) is 0 Å². The maximum atomic E-state index is 13.8. The van der Waals surface area contributed by atoms with E-state index in [9.17, 15) is 14.4 Å². The van der Waals surface area contributed by atoms with Gasteiger partial charge in [-0.1, -0.05) is 39.0 Å². The van der Waals surface area contributed by atoms with Crippen LogP contribution >= 0.6 is 0 Å². The van der Waals surface area contributed by atoms with E-state index in [0.29, 0.717) is 25.0 Å². The Labute approximate surface area is 190 Å². The van der Waals surface area contributed by atoms with Gasteiger partial charge in [-0.15, -0.1) is 0 Å². The lowest BCUT2D eigenvalue weighted by atomic mass is 9.78. The zero-order valence-corrected chi connectivity index (χ0v) is 19.5. The summed E-state index contributed by atoms with van der Waals surface area (Å²) in [6, 6.07) is 0.441. The molecule has 3 aliphatic rings. The van der Waals surface area contributed by atoms with Crippen molar-refractivity contribution >= 4 is 17.4 Å². The number of unbranched alkanes of at least 4 members (excludes halogenated alkanes) is 1. The zero-order valence-electron chi connectivity index (χ0n) is 19.5. The van der Waals surface area contributed by atoms with Crippen molar-refractivity contribution in [1.82, 2.24) is 14.5 Å². The van der Waals surface area contributed by atoms with Gasteiger partial charge in [0.25, 0.3) is 5.56 Å². The van der Waals surface area contributed by atoms with Crippen LogP contribution in [0, 0.1) is 5.92 Å². The maximum absolute atomic E-state index is 13.8. The average Bonchev–Trinajstić information content (AvgIpc) is 3.31. The number of rotatable bonds is 7. The van der Waals surface area contributed by atoms with Crippen molar-refractivity contribution in [3.63, 3.8) is 0 Å². The number of amides is 1. The van der Waals surface area contributed by atoms with E-state index in [2.05, 4.69) is 9.88 Å². The number of nitrogens with zero attached hydrogens (tertiary/aromatic N) is 3. The van der Waals surface area contributed by atoms with Gasteiger partial charge in [-0.25, -0.2) is 4.79 Å². The molecular formula is C24H39N5O3. The second-order valence-corrected chi connectivity index (χ2v) is 9.92. The average molecular weight is 446 g/mol. The molecule has 178 valence electrons. The summed E-state index contributed by atoms with van der Waals surface area (Å²) in [6.07, 6.45) is 12.8. The van der Waals surface area contributed by atoms with Crippen LogP contribution in [0.25, 0.3) is 0 Å². The highest BCUT2D eigenvalue weighted by atomic mass is 16.2. The Balaban J connectivity index is 1.65. The number of piperidine rings is 1. The summed E-state index contributed by atoms with van der Waals surface area (Å²) in [5, 5.41) is 0. The SMILES string of the molecule is CCCCn1c(N)c(N(C(=O)CN2CCC[C@@H]3CCCC[C@@H]32)C2CCCC2)c(=O)[nH]c1=O. The van der Waals surface area contributed by atoms with Crippen LogP contribution < -0.4 is 21.9 Å². The van der Waals surface area contributed by atoms with Crippen molar-refractivity contribution in [2.75, 3.05) is 23.7 Å². The van der Waals surface area contributed by atoms with Gasteiger partial charge in [0.15, 0.2) is 5.69 Å². The summed E-state index contributed by atoms with van der Waals surface area (Å²) in [5.41, 5.74) is 5.54. The lowest BCUT2D eigenvalue weighted by Crippen LogP contribution is -2.53. The molecule has 0 spiro atoms. The fraction of sp³-hybridized carbons (Fsp3) is 0.792. The minimum atomic E-state index is -0.547. The molecule has 0 radical (unpaired) electrons. The van der Waals surface area contributed by atoms with Crippen molar-refractivity contribution in [3.8, 4) is 0 Å². The standard InChI is InChI=1S/C24H39N5O3/c1-2-3-15-28-22(25)21(23(31)26-24(28)32)29(18-11-5-6-12-18)20(30)16-27-14-8-10-17-9-4-7-13-19(17)27/h17-19H,2-16,25H2,1H3,(H,26,31,32)/t17-,19-/m0/s1. The molecule has 1 amide bonds.